The molecule has 0 radical (unpaired) electrons. The molecule has 0 aliphatic carbocycles. The molecule has 1 unspecified atom stereocenters. The lowest BCUT2D eigenvalue weighted by Crippen LogP contribution is -2.25. The molecule has 0 aliphatic heterocycles. The molecule has 1 atom stereocenters. The Kier molecular flexibility index (Phi) is 6.44. The van der Waals surface area contributed by atoms with Crippen LogP contribution in [0.3, 0.4) is 0 Å². The molecule has 0 spiro atoms. The Bertz CT molecular complexity index is 1160. The van der Waals surface area contributed by atoms with Crippen LogP contribution in [0.2, 0.25) is 0 Å². The molecule has 6 N–H and O–H groups in total. The highest BCUT2D eigenvalue weighted by atomic mass is 16.5. The minimum atomic E-state index is -1.01. The van der Waals surface area contributed by atoms with E-state index in [0.717, 1.165) is 11.1 Å². The Labute approximate surface area is 178 Å². The number of anilines is 2. The van der Waals surface area contributed by atoms with Crippen LogP contribution in [-0.2, 0) is 4.79 Å². The number of carboxylic acids is 1. The Morgan fingerprint density at radius 1 is 1.16 bits per heavy atom. The zero-order chi connectivity index (χ0) is 22.5. The molecule has 1 heterocycles. The van der Waals surface area contributed by atoms with Gasteiger partial charge in [0.15, 0.2) is 11.9 Å². The van der Waals surface area contributed by atoms with Crippen LogP contribution in [0.5, 0.6) is 11.5 Å². The molecule has 31 heavy (non-hydrogen) atoms. The van der Waals surface area contributed by atoms with Crippen molar-refractivity contribution < 1.29 is 19.4 Å². The summed E-state index contributed by atoms with van der Waals surface area (Å²) in [6.07, 6.45) is -0.575. The average Bonchev–Trinajstić information content (AvgIpc) is 2.75. The number of hydrogen-bond acceptors (Lipinski definition) is 7. The van der Waals surface area contributed by atoms with Crippen molar-refractivity contribution >= 4 is 17.5 Å². The number of aliphatic carboxylic acids is 1. The second kappa shape index (κ2) is 9.21. The van der Waals surface area contributed by atoms with Crippen molar-refractivity contribution in [1.29, 1.82) is 0 Å². The highest BCUT2D eigenvalue weighted by Gasteiger charge is 2.17. The molecule has 0 amide bonds. The fourth-order valence-corrected chi connectivity index (χ4v) is 3.02. The maximum atomic E-state index is 12.0. The number of nitrogens with one attached hydrogen (secondary N) is 1. The van der Waals surface area contributed by atoms with Gasteiger partial charge >= 0.3 is 5.97 Å². The summed E-state index contributed by atoms with van der Waals surface area (Å²) in [7, 11) is 0. The highest BCUT2D eigenvalue weighted by Crippen LogP contribution is 2.34. The first-order valence-electron chi connectivity index (χ1n) is 9.76. The standard InChI is InChI=1S/C22H24N4O5/c1-3-16(22(28)29)31-14-7-5-6-12(10-14)13-8-9-15(17(11-13)30-4-2)20-25-19(24)18(23)21(27)26-20/h5-11,16H,3-4,23H2,1-2H3,(H,28,29)(H3,24,25,26,27). The number of nitrogen functional groups attached to an aromatic ring is 2. The van der Waals surface area contributed by atoms with Gasteiger partial charge in [-0.2, -0.15) is 0 Å². The number of aromatic amines is 1. The summed E-state index contributed by atoms with van der Waals surface area (Å²) in [6, 6.07) is 12.5. The normalized spacial score (nSPS) is 11.7. The summed E-state index contributed by atoms with van der Waals surface area (Å²) >= 11 is 0. The van der Waals surface area contributed by atoms with Gasteiger partial charge in [-0.25, -0.2) is 9.78 Å². The van der Waals surface area contributed by atoms with Crippen LogP contribution in [0.4, 0.5) is 11.5 Å². The van der Waals surface area contributed by atoms with Gasteiger partial charge in [0.2, 0.25) is 0 Å². The number of carbonyl (C=O) groups is 1. The van der Waals surface area contributed by atoms with E-state index in [1.54, 1.807) is 37.3 Å². The third-order valence-electron chi connectivity index (χ3n) is 4.61. The molecule has 9 nitrogen and oxygen atoms in total. The molecule has 2 aromatic carbocycles. The van der Waals surface area contributed by atoms with Crippen LogP contribution in [-0.4, -0.2) is 33.8 Å². The smallest absolute Gasteiger partial charge is 0.344 e. The van der Waals surface area contributed by atoms with Crippen molar-refractivity contribution in [2.24, 2.45) is 0 Å². The Hall–Kier alpha value is -4.01. The average molecular weight is 424 g/mol. The predicted octanol–water partition coefficient (Wildman–Crippen LogP) is 2.91. The minimum Gasteiger partial charge on any atom is -0.493 e. The lowest BCUT2D eigenvalue weighted by Gasteiger charge is -2.15. The molecule has 9 heteroatoms. The minimum absolute atomic E-state index is 0.0565. The quantitative estimate of drug-likeness (QED) is 0.430. The number of ether oxygens (including phenoxy) is 2. The molecule has 162 valence electrons. The fraction of sp³-hybridized carbons (Fsp3) is 0.227. The molecule has 1 aromatic heterocycles. The van der Waals surface area contributed by atoms with Crippen LogP contribution >= 0.6 is 0 Å². The molecule has 0 saturated carbocycles. The third-order valence-corrected chi connectivity index (χ3v) is 4.61. The first-order valence-corrected chi connectivity index (χ1v) is 9.76. The monoisotopic (exact) mass is 424 g/mol. The summed E-state index contributed by atoms with van der Waals surface area (Å²) in [5, 5.41) is 9.22. The number of rotatable bonds is 8. The van der Waals surface area contributed by atoms with Crippen LogP contribution < -0.4 is 26.5 Å². The molecule has 0 bridgehead atoms. The summed E-state index contributed by atoms with van der Waals surface area (Å²) in [6.45, 7) is 3.98. The van der Waals surface area contributed by atoms with E-state index in [0.29, 0.717) is 30.1 Å². The molecule has 3 aromatic rings. The number of H-pyrrole nitrogens is 1. The number of nitrogens with zero attached hydrogens (tertiary/aromatic N) is 1. The van der Waals surface area contributed by atoms with Crippen molar-refractivity contribution in [2.75, 3.05) is 18.1 Å². The van der Waals surface area contributed by atoms with Gasteiger partial charge in [-0.15, -0.1) is 0 Å². The largest absolute Gasteiger partial charge is 0.493 e. The van der Waals surface area contributed by atoms with Gasteiger partial charge in [-0.05, 0) is 48.7 Å². The number of hydrogen-bond donors (Lipinski definition) is 4. The van der Waals surface area contributed by atoms with E-state index in [9.17, 15) is 14.7 Å². The molecule has 0 saturated heterocycles. The van der Waals surface area contributed by atoms with Gasteiger partial charge in [-0.1, -0.05) is 25.1 Å². The summed E-state index contributed by atoms with van der Waals surface area (Å²) in [5.74, 6) is 0.122. The summed E-state index contributed by atoms with van der Waals surface area (Å²) < 4.78 is 11.4. The van der Waals surface area contributed by atoms with Gasteiger partial charge in [0, 0.05) is 0 Å². The fourth-order valence-electron chi connectivity index (χ4n) is 3.02. The zero-order valence-electron chi connectivity index (χ0n) is 17.2. The maximum Gasteiger partial charge on any atom is 0.344 e. The highest BCUT2D eigenvalue weighted by molar-refractivity contribution is 5.76. The van der Waals surface area contributed by atoms with E-state index in [-0.39, 0.29) is 17.3 Å². The van der Waals surface area contributed by atoms with E-state index in [4.69, 9.17) is 20.9 Å². The second-order valence-corrected chi connectivity index (χ2v) is 6.74. The topological polar surface area (TPSA) is 154 Å². The van der Waals surface area contributed by atoms with Crippen molar-refractivity contribution in [1.82, 2.24) is 9.97 Å². The van der Waals surface area contributed by atoms with Gasteiger partial charge in [0.1, 0.15) is 23.0 Å². The summed E-state index contributed by atoms with van der Waals surface area (Å²) in [5.41, 5.74) is 12.8. The van der Waals surface area contributed by atoms with Gasteiger partial charge in [-0.3, -0.25) is 4.79 Å². The predicted molar refractivity (Wildman–Crippen MR) is 118 cm³/mol. The van der Waals surface area contributed by atoms with E-state index in [1.165, 1.54) is 0 Å². The molecule has 0 fully saturated rings. The van der Waals surface area contributed by atoms with Gasteiger partial charge < -0.3 is 31.0 Å². The van der Waals surface area contributed by atoms with E-state index >= 15 is 0 Å². The van der Waals surface area contributed by atoms with Crippen molar-refractivity contribution in [2.45, 2.75) is 26.4 Å². The lowest BCUT2D eigenvalue weighted by molar-refractivity contribution is -0.145. The van der Waals surface area contributed by atoms with Crippen LogP contribution in [0.15, 0.2) is 47.3 Å². The van der Waals surface area contributed by atoms with E-state index in [1.807, 2.05) is 19.1 Å². The maximum absolute atomic E-state index is 12.0. The molecular weight excluding hydrogens is 400 g/mol. The molecular formula is C22H24N4O5. The number of carboxylic acid groups (broad SMARTS) is 1. The lowest BCUT2D eigenvalue weighted by atomic mass is 10.0. The Balaban J connectivity index is 2.01. The number of aromatic nitrogens is 2. The van der Waals surface area contributed by atoms with Gasteiger partial charge in [0.25, 0.3) is 5.56 Å². The van der Waals surface area contributed by atoms with Crippen molar-refractivity contribution in [3.05, 3.63) is 52.8 Å². The zero-order valence-corrected chi connectivity index (χ0v) is 17.2. The third kappa shape index (κ3) is 4.77. The molecule has 0 aliphatic rings. The second-order valence-electron chi connectivity index (χ2n) is 6.74. The summed E-state index contributed by atoms with van der Waals surface area (Å²) in [4.78, 5) is 30.0. The Morgan fingerprint density at radius 3 is 2.55 bits per heavy atom. The van der Waals surface area contributed by atoms with Crippen molar-refractivity contribution in [3.63, 3.8) is 0 Å². The SMILES string of the molecule is CCOc1cc(-c2cccc(OC(CC)C(=O)O)c2)ccc1-c1nc(N)c(N)c(=O)[nH]1. The van der Waals surface area contributed by atoms with Crippen LogP contribution in [0.25, 0.3) is 22.5 Å². The molecule has 3 rings (SSSR count). The van der Waals surface area contributed by atoms with Crippen LogP contribution in [0, 0.1) is 0 Å². The van der Waals surface area contributed by atoms with E-state index < -0.39 is 17.6 Å². The van der Waals surface area contributed by atoms with Crippen molar-refractivity contribution in [3.8, 4) is 34.0 Å². The number of benzene rings is 2. The van der Waals surface area contributed by atoms with Crippen LogP contribution in [0.1, 0.15) is 20.3 Å². The van der Waals surface area contributed by atoms with E-state index in [2.05, 4.69) is 9.97 Å². The number of nitrogens with two attached hydrogens (primary N) is 2. The first kappa shape index (κ1) is 21.7. The first-order chi connectivity index (χ1) is 14.8. The Morgan fingerprint density at radius 2 is 1.90 bits per heavy atom. The van der Waals surface area contributed by atoms with Gasteiger partial charge in [0.05, 0.1) is 12.2 Å².